The van der Waals surface area contributed by atoms with Crippen molar-refractivity contribution in [3.8, 4) is 0 Å². The molecule has 4 nitrogen and oxygen atoms in total. The fourth-order valence-corrected chi connectivity index (χ4v) is 2.53. The van der Waals surface area contributed by atoms with E-state index >= 15 is 0 Å². The SMILES string of the molecule is CC1C(=O)NC(C2CC2)C(=O)N1c1ccc(F)c(F)c1. The summed E-state index contributed by atoms with van der Waals surface area (Å²) in [6.45, 7) is 1.57. The van der Waals surface area contributed by atoms with Crippen LogP contribution in [0.3, 0.4) is 0 Å². The van der Waals surface area contributed by atoms with Gasteiger partial charge in [-0.2, -0.15) is 0 Å². The van der Waals surface area contributed by atoms with Crippen molar-refractivity contribution in [3.63, 3.8) is 0 Å². The Hall–Kier alpha value is -1.98. The second kappa shape index (κ2) is 4.54. The monoisotopic (exact) mass is 280 g/mol. The minimum atomic E-state index is -1.03. The van der Waals surface area contributed by atoms with E-state index in [4.69, 9.17) is 0 Å². The average molecular weight is 280 g/mol. The van der Waals surface area contributed by atoms with Crippen molar-refractivity contribution in [1.29, 1.82) is 0 Å². The van der Waals surface area contributed by atoms with Crippen molar-refractivity contribution < 1.29 is 18.4 Å². The van der Waals surface area contributed by atoms with Crippen LogP contribution in [0.25, 0.3) is 0 Å². The Labute approximate surface area is 114 Å². The summed E-state index contributed by atoms with van der Waals surface area (Å²) in [7, 11) is 0. The van der Waals surface area contributed by atoms with E-state index in [2.05, 4.69) is 5.32 Å². The number of benzene rings is 1. The molecule has 0 radical (unpaired) electrons. The summed E-state index contributed by atoms with van der Waals surface area (Å²) in [5.41, 5.74) is 0.210. The zero-order valence-corrected chi connectivity index (χ0v) is 10.9. The molecule has 2 atom stereocenters. The summed E-state index contributed by atoms with van der Waals surface area (Å²) in [6, 6.07) is 1.94. The highest BCUT2D eigenvalue weighted by molar-refractivity contribution is 6.08. The predicted molar refractivity (Wildman–Crippen MR) is 68.0 cm³/mol. The molecule has 1 aliphatic heterocycles. The third-order valence-electron chi connectivity index (χ3n) is 3.84. The molecule has 6 heteroatoms. The smallest absolute Gasteiger partial charge is 0.250 e. The summed E-state index contributed by atoms with van der Waals surface area (Å²) in [5, 5.41) is 2.71. The van der Waals surface area contributed by atoms with E-state index in [1.807, 2.05) is 0 Å². The van der Waals surface area contributed by atoms with Crippen LogP contribution in [-0.4, -0.2) is 23.9 Å². The Morgan fingerprint density at radius 1 is 1.20 bits per heavy atom. The van der Waals surface area contributed by atoms with Crippen molar-refractivity contribution in [1.82, 2.24) is 5.32 Å². The summed E-state index contributed by atoms with van der Waals surface area (Å²) in [4.78, 5) is 25.7. The summed E-state index contributed by atoms with van der Waals surface area (Å²) >= 11 is 0. The molecule has 2 fully saturated rings. The van der Waals surface area contributed by atoms with Gasteiger partial charge in [-0.15, -0.1) is 0 Å². The largest absolute Gasteiger partial charge is 0.342 e. The molecular weight excluding hydrogens is 266 g/mol. The first-order valence-electron chi connectivity index (χ1n) is 6.57. The number of nitrogens with one attached hydrogen (secondary N) is 1. The molecular formula is C14H14F2N2O2. The number of rotatable bonds is 2. The van der Waals surface area contributed by atoms with E-state index in [-0.39, 0.29) is 23.4 Å². The average Bonchev–Trinajstić information content (AvgIpc) is 3.22. The molecule has 1 aliphatic carbocycles. The first-order valence-corrected chi connectivity index (χ1v) is 6.57. The lowest BCUT2D eigenvalue weighted by Gasteiger charge is -2.37. The number of anilines is 1. The van der Waals surface area contributed by atoms with Gasteiger partial charge in [-0.25, -0.2) is 8.78 Å². The number of amides is 2. The van der Waals surface area contributed by atoms with Gasteiger partial charge in [0.1, 0.15) is 12.1 Å². The Bertz CT molecular complexity index is 587. The molecule has 0 aromatic heterocycles. The maximum absolute atomic E-state index is 13.3. The molecule has 0 bridgehead atoms. The minimum absolute atomic E-state index is 0.159. The molecule has 1 aromatic rings. The molecule has 1 heterocycles. The standard InChI is InChI=1S/C14H14F2N2O2/c1-7-13(19)17-12(8-2-3-8)14(20)18(7)9-4-5-10(15)11(16)6-9/h4-8,12H,2-3H2,1H3,(H,17,19). The number of hydrogen-bond donors (Lipinski definition) is 1. The summed E-state index contributed by atoms with van der Waals surface area (Å²) in [5.74, 6) is -2.38. The number of carbonyl (C=O) groups excluding carboxylic acids is 2. The van der Waals surface area contributed by atoms with Gasteiger partial charge in [0.05, 0.1) is 0 Å². The van der Waals surface area contributed by atoms with Gasteiger partial charge in [0.25, 0.3) is 5.91 Å². The highest BCUT2D eigenvalue weighted by Crippen LogP contribution is 2.36. The zero-order chi connectivity index (χ0) is 14.4. The van der Waals surface area contributed by atoms with Crippen molar-refractivity contribution in [2.24, 2.45) is 5.92 Å². The fraction of sp³-hybridized carbons (Fsp3) is 0.429. The molecule has 3 rings (SSSR count). The van der Waals surface area contributed by atoms with Gasteiger partial charge in [-0.05, 0) is 37.8 Å². The van der Waals surface area contributed by atoms with Crippen molar-refractivity contribution in [2.45, 2.75) is 31.8 Å². The van der Waals surface area contributed by atoms with Gasteiger partial charge in [0, 0.05) is 11.8 Å². The maximum atomic E-state index is 13.3. The quantitative estimate of drug-likeness (QED) is 0.894. The van der Waals surface area contributed by atoms with Crippen LogP contribution in [0.15, 0.2) is 18.2 Å². The number of hydrogen-bond acceptors (Lipinski definition) is 2. The molecule has 106 valence electrons. The van der Waals surface area contributed by atoms with Gasteiger partial charge in [-0.3, -0.25) is 14.5 Å². The highest BCUT2D eigenvalue weighted by atomic mass is 19.2. The summed E-state index contributed by atoms with van der Waals surface area (Å²) in [6.07, 6.45) is 1.80. The predicted octanol–water partition coefficient (Wildman–Crippen LogP) is 1.59. The van der Waals surface area contributed by atoms with Crippen molar-refractivity contribution in [3.05, 3.63) is 29.8 Å². The second-order valence-corrected chi connectivity index (χ2v) is 5.31. The van der Waals surface area contributed by atoms with Gasteiger partial charge < -0.3 is 5.32 Å². The molecule has 0 spiro atoms. The molecule has 1 saturated heterocycles. The van der Waals surface area contributed by atoms with Crippen LogP contribution in [0.5, 0.6) is 0 Å². The van der Waals surface area contributed by atoms with Gasteiger partial charge in [0.2, 0.25) is 5.91 Å². The molecule has 1 N–H and O–H groups in total. The van der Waals surface area contributed by atoms with Crippen LogP contribution in [0, 0.1) is 17.6 Å². The van der Waals surface area contributed by atoms with E-state index in [9.17, 15) is 18.4 Å². The first kappa shape index (κ1) is 13.0. The number of carbonyl (C=O) groups is 2. The topological polar surface area (TPSA) is 49.4 Å². The lowest BCUT2D eigenvalue weighted by molar-refractivity contribution is -0.134. The van der Waals surface area contributed by atoms with Crippen molar-refractivity contribution >= 4 is 17.5 Å². The third kappa shape index (κ3) is 2.05. The second-order valence-electron chi connectivity index (χ2n) is 5.31. The van der Waals surface area contributed by atoms with E-state index in [1.165, 1.54) is 11.0 Å². The zero-order valence-electron chi connectivity index (χ0n) is 10.9. The van der Waals surface area contributed by atoms with Crippen LogP contribution in [0.2, 0.25) is 0 Å². The lowest BCUT2D eigenvalue weighted by Crippen LogP contribution is -2.63. The molecule has 20 heavy (non-hydrogen) atoms. The molecule has 2 unspecified atom stereocenters. The fourth-order valence-electron chi connectivity index (χ4n) is 2.53. The first-order chi connectivity index (χ1) is 9.49. The number of nitrogens with zero attached hydrogens (tertiary/aromatic N) is 1. The Morgan fingerprint density at radius 2 is 1.90 bits per heavy atom. The van der Waals surface area contributed by atoms with Crippen LogP contribution in [-0.2, 0) is 9.59 Å². The van der Waals surface area contributed by atoms with E-state index in [0.717, 1.165) is 25.0 Å². The van der Waals surface area contributed by atoms with E-state index in [0.29, 0.717) is 0 Å². The minimum Gasteiger partial charge on any atom is -0.342 e. The van der Waals surface area contributed by atoms with Crippen LogP contribution in [0.4, 0.5) is 14.5 Å². The molecule has 2 amide bonds. The van der Waals surface area contributed by atoms with Crippen molar-refractivity contribution in [2.75, 3.05) is 4.90 Å². The third-order valence-corrected chi connectivity index (χ3v) is 3.84. The molecule has 2 aliphatic rings. The maximum Gasteiger partial charge on any atom is 0.250 e. The van der Waals surface area contributed by atoms with Crippen LogP contribution in [0.1, 0.15) is 19.8 Å². The summed E-state index contributed by atoms with van der Waals surface area (Å²) < 4.78 is 26.3. The van der Waals surface area contributed by atoms with E-state index in [1.54, 1.807) is 6.92 Å². The number of piperazine rings is 1. The Balaban J connectivity index is 1.97. The Morgan fingerprint density at radius 3 is 2.50 bits per heavy atom. The van der Waals surface area contributed by atoms with E-state index < -0.39 is 23.7 Å². The van der Waals surface area contributed by atoms with Crippen LogP contribution < -0.4 is 10.2 Å². The molecule has 1 saturated carbocycles. The number of halogens is 2. The van der Waals surface area contributed by atoms with Gasteiger partial charge in [0.15, 0.2) is 11.6 Å². The molecule has 1 aromatic carbocycles. The highest BCUT2D eigenvalue weighted by Gasteiger charge is 2.46. The van der Waals surface area contributed by atoms with Gasteiger partial charge in [-0.1, -0.05) is 0 Å². The van der Waals surface area contributed by atoms with Crippen LogP contribution >= 0.6 is 0 Å². The van der Waals surface area contributed by atoms with Gasteiger partial charge >= 0.3 is 0 Å². The Kier molecular flexibility index (Phi) is 2.96. The normalized spacial score (nSPS) is 26.6. The lowest BCUT2D eigenvalue weighted by atomic mass is 10.0.